The Labute approximate surface area is 186 Å². The zero-order valence-electron chi connectivity index (χ0n) is 19.0. The van der Waals surface area contributed by atoms with E-state index in [1.165, 1.54) is 0 Å². The Bertz CT molecular complexity index is 794. The van der Waals surface area contributed by atoms with Gasteiger partial charge in [0.15, 0.2) is 0 Å². The van der Waals surface area contributed by atoms with Crippen molar-refractivity contribution < 1.29 is 28.2 Å². The molecule has 7 nitrogen and oxygen atoms in total. The molecule has 0 aliphatic heterocycles. The van der Waals surface area contributed by atoms with Crippen molar-refractivity contribution >= 4 is 21.8 Å². The van der Waals surface area contributed by atoms with Gasteiger partial charge in [0.2, 0.25) is 10.0 Å². The van der Waals surface area contributed by atoms with Crippen molar-refractivity contribution in [2.75, 3.05) is 6.26 Å². The summed E-state index contributed by atoms with van der Waals surface area (Å²) >= 11 is 0. The largest absolute Gasteiger partial charge is 0.481 e. The number of primary sulfonamides is 1. The number of Topliss-reactive ketones (excluding diaryl/α,β-unsaturated/α-hetero) is 1. The molecule has 4 N–H and O–H groups in total. The Morgan fingerprint density at radius 2 is 1.97 bits per heavy atom. The van der Waals surface area contributed by atoms with Crippen LogP contribution in [-0.4, -0.2) is 42.7 Å². The van der Waals surface area contributed by atoms with E-state index in [1.807, 2.05) is 38.2 Å². The first-order chi connectivity index (χ1) is 14.3. The second-order valence-electron chi connectivity index (χ2n) is 8.52. The number of rotatable bonds is 10. The fraction of sp³-hybridized carbons (Fsp3) is 0.652. The number of ketones is 1. The minimum absolute atomic E-state index is 0.0345. The third kappa shape index (κ3) is 14.6. The van der Waals surface area contributed by atoms with E-state index in [0.29, 0.717) is 25.7 Å². The van der Waals surface area contributed by atoms with E-state index >= 15 is 0 Å². The number of aliphatic carboxylic acids is 1. The average Bonchev–Trinajstić information content (AvgIpc) is 2.99. The summed E-state index contributed by atoms with van der Waals surface area (Å²) < 4.78 is 18.8. The fourth-order valence-corrected chi connectivity index (χ4v) is 3.13. The molecule has 8 heteroatoms. The molecule has 1 saturated carbocycles. The number of carbonyl (C=O) groups excluding carboxylic acids is 1. The van der Waals surface area contributed by atoms with Gasteiger partial charge in [-0.25, -0.2) is 13.6 Å². The highest BCUT2D eigenvalue weighted by molar-refractivity contribution is 7.88. The molecule has 3 atom stereocenters. The molecule has 0 aromatic rings. The molecule has 176 valence electrons. The van der Waals surface area contributed by atoms with Crippen LogP contribution < -0.4 is 5.14 Å². The van der Waals surface area contributed by atoms with Crippen molar-refractivity contribution in [1.29, 1.82) is 0 Å². The summed E-state index contributed by atoms with van der Waals surface area (Å²) in [5.74, 6) is 5.51. The zero-order chi connectivity index (χ0) is 24.1. The molecule has 0 heterocycles. The summed E-state index contributed by atoms with van der Waals surface area (Å²) in [5.41, 5.74) is -0.318. The molecule has 1 rings (SSSR count). The third-order valence-electron chi connectivity index (χ3n) is 5.03. The maximum atomic E-state index is 12.2. The van der Waals surface area contributed by atoms with Gasteiger partial charge in [-0.1, -0.05) is 38.2 Å². The standard InChI is InChI=1S/C22H32O4.CH5NO2S/c1-4-5-16-22(2,3)20(24)15-13-17-12-14-19(23)18(17)10-8-6-7-9-11-21(25)26;1-5(2,3)4/h6,8,13,15,17-18,20,24H,7,9-12,14,16H2,1-3H3,(H,25,26);1H3,(H2,2,3,4)/b8-6-,15-13+;/t17-,18-,20-;/m1./s1. The average molecular weight is 456 g/mol. The van der Waals surface area contributed by atoms with Crippen LogP contribution in [-0.2, 0) is 19.6 Å². The number of nitrogens with two attached hydrogens (primary N) is 1. The molecule has 1 fully saturated rings. The van der Waals surface area contributed by atoms with Gasteiger partial charge in [0.05, 0.1) is 12.4 Å². The van der Waals surface area contributed by atoms with E-state index in [4.69, 9.17) is 5.11 Å². The number of hydrogen-bond acceptors (Lipinski definition) is 5. The number of carboxylic acids is 1. The van der Waals surface area contributed by atoms with Crippen LogP contribution in [0.1, 0.15) is 65.7 Å². The Balaban J connectivity index is 0.00000161. The number of sulfonamides is 1. The predicted octanol–water partition coefficient (Wildman–Crippen LogP) is 3.04. The number of unbranched alkanes of at least 4 members (excludes halogenated alkanes) is 1. The monoisotopic (exact) mass is 455 g/mol. The molecule has 0 saturated heterocycles. The molecule has 1 aliphatic rings. The predicted molar refractivity (Wildman–Crippen MR) is 122 cm³/mol. The normalized spacial score (nSPS) is 20.3. The van der Waals surface area contributed by atoms with Gasteiger partial charge >= 0.3 is 5.97 Å². The van der Waals surface area contributed by atoms with Gasteiger partial charge in [-0.05, 0) is 38.5 Å². The third-order valence-corrected chi connectivity index (χ3v) is 5.03. The number of carboxylic acid groups (broad SMARTS) is 1. The van der Waals surface area contributed by atoms with Crippen molar-refractivity contribution in [2.24, 2.45) is 22.4 Å². The maximum Gasteiger partial charge on any atom is 0.303 e. The van der Waals surface area contributed by atoms with Crippen molar-refractivity contribution in [3.8, 4) is 11.8 Å². The number of aliphatic hydroxyl groups is 1. The highest BCUT2D eigenvalue weighted by atomic mass is 32.2. The molecule has 0 aromatic heterocycles. The van der Waals surface area contributed by atoms with Crippen LogP contribution in [0.3, 0.4) is 0 Å². The van der Waals surface area contributed by atoms with Crippen LogP contribution in [0.25, 0.3) is 0 Å². The number of hydrogen-bond donors (Lipinski definition) is 3. The van der Waals surface area contributed by atoms with Crippen molar-refractivity contribution in [3.63, 3.8) is 0 Å². The topological polar surface area (TPSA) is 135 Å². The lowest BCUT2D eigenvalue weighted by molar-refractivity contribution is -0.137. The van der Waals surface area contributed by atoms with Gasteiger partial charge in [-0.2, -0.15) is 0 Å². The van der Waals surface area contributed by atoms with Gasteiger partial charge in [0, 0.05) is 30.6 Å². The van der Waals surface area contributed by atoms with E-state index in [0.717, 1.165) is 19.1 Å². The molecule has 0 amide bonds. The smallest absolute Gasteiger partial charge is 0.303 e. The second-order valence-corrected chi connectivity index (χ2v) is 10.2. The molecule has 0 bridgehead atoms. The SMILES string of the molecule is CC#CCC(C)(C)[C@H](O)/C=C/[C@H]1CCC(=O)[C@@H]1C/C=C\CCCC(=O)O.CS(N)(=O)=O. The summed E-state index contributed by atoms with van der Waals surface area (Å²) in [4.78, 5) is 22.6. The minimum Gasteiger partial charge on any atom is -0.481 e. The second kappa shape index (κ2) is 14.2. The highest BCUT2D eigenvalue weighted by Crippen LogP contribution is 2.34. The van der Waals surface area contributed by atoms with E-state index in [2.05, 4.69) is 17.0 Å². The van der Waals surface area contributed by atoms with Crippen LogP contribution >= 0.6 is 0 Å². The van der Waals surface area contributed by atoms with E-state index < -0.39 is 22.1 Å². The molecule has 0 radical (unpaired) electrons. The molecular weight excluding hydrogens is 418 g/mol. The summed E-state index contributed by atoms with van der Waals surface area (Å²) in [7, 11) is -3.17. The first-order valence-electron chi connectivity index (χ1n) is 10.4. The van der Waals surface area contributed by atoms with E-state index in [9.17, 15) is 23.1 Å². The first kappa shape index (κ1) is 29.1. The van der Waals surface area contributed by atoms with Gasteiger partial charge < -0.3 is 10.2 Å². The zero-order valence-corrected chi connectivity index (χ0v) is 19.8. The molecule has 0 unspecified atom stereocenters. The number of aliphatic hydroxyl groups excluding tert-OH is 1. The molecular formula is C23H37NO6S. The molecule has 31 heavy (non-hydrogen) atoms. The van der Waals surface area contributed by atoms with E-state index in [1.54, 1.807) is 6.92 Å². The summed E-state index contributed by atoms with van der Waals surface area (Å²) in [6.45, 7) is 5.77. The summed E-state index contributed by atoms with van der Waals surface area (Å²) in [5, 5.41) is 23.4. The lowest BCUT2D eigenvalue weighted by Crippen LogP contribution is -2.27. The molecule has 0 aromatic carbocycles. The highest BCUT2D eigenvalue weighted by Gasteiger charge is 2.32. The Morgan fingerprint density at radius 3 is 2.52 bits per heavy atom. The van der Waals surface area contributed by atoms with Crippen LogP contribution in [0.15, 0.2) is 24.3 Å². The van der Waals surface area contributed by atoms with Gasteiger partial charge in [-0.3, -0.25) is 9.59 Å². The Kier molecular flexibility index (Phi) is 13.3. The minimum atomic E-state index is -3.17. The van der Waals surface area contributed by atoms with Crippen molar-refractivity contribution in [1.82, 2.24) is 0 Å². The Morgan fingerprint density at radius 1 is 1.35 bits per heavy atom. The Hall–Kier alpha value is -1.95. The van der Waals surface area contributed by atoms with Crippen molar-refractivity contribution in [3.05, 3.63) is 24.3 Å². The van der Waals surface area contributed by atoms with Gasteiger partial charge in [-0.15, -0.1) is 11.8 Å². The first-order valence-corrected chi connectivity index (χ1v) is 12.4. The fourth-order valence-electron chi connectivity index (χ4n) is 3.13. The molecule has 1 aliphatic carbocycles. The van der Waals surface area contributed by atoms with Crippen LogP contribution in [0.4, 0.5) is 0 Å². The summed E-state index contributed by atoms with van der Waals surface area (Å²) in [6, 6.07) is 0. The number of carbonyl (C=O) groups is 2. The van der Waals surface area contributed by atoms with Gasteiger partial charge in [0.25, 0.3) is 0 Å². The van der Waals surface area contributed by atoms with Gasteiger partial charge in [0.1, 0.15) is 5.78 Å². The maximum absolute atomic E-state index is 12.2. The molecule has 0 spiro atoms. The van der Waals surface area contributed by atoms with Crippen LogP contribution in [0, 0.1) is 29.1 Å². The summed E-state index contributed by atoms with van der Waals surface area (Å²) in [6.07, 6.45) is 12.4. The quantitative estimate of drug-likeness (QED) is 0.263. The van der Waals surface area contributed by atoms with E-state index in [-0.39, 0.29) is 29.5 Å². The lowest BCUT2D eigenvalue weighted by atomic mass is 9.82. The van der Waals surface area contributed by atoms with Crippen LogP contribution in [0.5, 0.6) is 0 Å². The lowest BCUT2D eigenvalue weighted by Gasteiger charge is -2.26. The van der Waals surface area contributed by atoms with Crippen molar-refractivity contribution in [2.45, 2.75) is 71.8 Å². The number of allylic oxidation sites excluding steroid dienone is 3. The van der Waals surface area contributed by atoms with Crippen LogP contribution in [0.2, 0.25) is 0 Å².